The highest BCUT2D eigenvalue weighted by molar-refractivity contribution is 5.91. The van der Waals surface area contributed by atoms with E-state index in [9.17, 15) is 19.5 Å². The van der Waals surface area contributed by atoms with E-state index < -0.39 is 23.0 Å². The number of nitrogens with one attached hydrogen (secondary N) is 2. The Hall–Kier alpha value is -3.35. The number of carboxylic acids is 1. The average molecular weight is 475 g/mol. The van der Waals surface area contributed by atoms with Crippen LogP contribution >= 0.6 is 0 Å². The van der Waals surface area contributed by atoms with Crippen molar-refractivity contribution in [3.8, 4) is 11.1 Å². The molecule has 4 aliphatic carbocycles. The summed E-state index contributed by atoms with van der Waals surface area (Å²) in [6, 6.07) is 16.2. The van der Waals surface area contributed by atoms with Gasteiger partial charge in [-0.05, 0) is 60.3 Å². The summed E-state index contributed by atoms with van der Waals surface area (Å²) in [7, 11) is 0. The number of alkyl carbamates (subject to hydrolysis) is 1. The molecule has 0 saturated heterocycles. The zero-order chi connectivity index (χ0) is 24.2. The van der Waals surface area contributed by atoms with Crippen LogP contribution in [0, 0.1) is 11.3 Å². The first-order chi connectivity index (χ1) is 16.9. The molecule has 3 N–H and O–H groups in total. The van der Waals surface area contributed by atoms with E-state index in [0.717, 1.165) is 35.1 Å². The number of carboxylic acid groups (broad SMARTS) is 1. The second-order valence-corrected chi connectivity index (χ2v) is 10.7. The van der Waals surface area contributed by atoms with E-state index in [1.165, 1.54) is 0 Å². The third-order valence-corrected chi connectivity index (χ3v) is 8.75. The summed E-state index contributed by atoms with van der Waals surface area (Å²) >= 11 is 0. The van der Waals surface area contributed by atoms with Crippen molar-refractivity contribution in [3.63, 3.8) is 0 Å². The molecule has 7 nitrogen and oxygen atoms in total. The summed E-state index contributed by atoms with van der Waals surface area (Å²) in [5, 5.41) is 15.5. The molecule has 0 spiro atoms. The largest absolute Gasteiger partial charge is 0.481 e. The molecule has 2 aromatic carbocycles. The van der Waals surface area contributed by atoms with E-state index in [-0.39, 0.29) is 30.4 Å². The summed E-state index contributed by atoms with van der Waals surface area (Å²) < 4.78 is 5.71. The fourth-order valence-electron chi connectivity index (χ4n) is 6.81. The van der Waals surface area contributed by atoms with Gasteiger partial charge in [0.2, 0.25) is 5.91 Å². The lowest BCUT2D eigenvalue weighted by Gasteiger charge is -2.30. The summed E-state index contributed by atoms with van der Waals surface area (Å²) in [5.74, 6) is -0.860. The second-order valence-electron chi connectivity index (χ2n) is 10.7. The van der Waals surface area contributed by atoms with Gasteiger partial charge in [0.25, 0.3) is 0 Å². The Morgan fingerprint density at radius 3 is 2.17 bits per heavy atom. The van der Waals surface area contributed by atoms with Crippen LogP contribution in [0.25, 0.3) is 11.1 Å². The van der Waals surface area contributed by atoms with Gasteiger partial charge in [0.1, 0.15) is 12.1 Å². The zero-order valence-corrected chi connectivity index (χ0v) is 19.6. The molecule has 3 saturated carbocycles. The first kappa shape index (κ1) is 22.1. The van der Waals surface area contributed by atoms with Crippen LogP contribution < -0.4 is 10.6 Å². The van der Waals surface area contributed by atoms with Crippen LogP contribution in [0.3, 0.4) is 0 Å². The molecular formula is C28H30N2O5. The van der Waals surface area contributed by atoms with Crippen LogP contribution in [0.1, 0.15) is 62.0 Å². The minimum atomic E-state index is -0.994. The minimum absolute atomic E-state index is 0.0427. The molecule has 4 aliphatic rings. The summed E-state index contributed by atoms with van der Waals surface area (Å²) in [4.78, 5) is 37.9. The molecule has 182 valence electrons. The topological polar surface area (TPSA) is 105 Å². The number of fused-ring (bicyclic) bond motifs is 4. The monoisotopic (exact) mass is 474 g/mol. The maximum Gasteiger partial charge on any atom is 0.408 e. The van der Waals surface area contributed by atoms with Crippen molar-refractivity contribution in [2.45, 2.75) is 62.4 Å². The van der Waals surface area contributed by atoms with Crippen molar-refractivity contribution in [2.75, 3.05) is 6.61 Å². The van der Waals surface area contributed by atoms with E-state index in [4.69, 9.17) is 4.74 Å². The van der Waals surface area contributed by atoms with E-state index in [1.807, 2.05) is 24.3 Å². The predicted octanol–water partition coefficient (Wildman–Crippen LogP) is 4.21. The Morgan fingerprint density at radius 2 is 1.57 bits per heavy atom. The fraction of sp³-hybridized carbons (Fsp3) is 0.464. The van der Waals surface area contributed by atoms with Gasteiger partial charge < -0.3 is 20.5 Å². The Morgan fingerprint density at radius 1 is 0.943 bits per heavy atom. The molecule has 3 atom stereocenters. The lowest BCUT2D eigenvalue weighted by atomic mass is 9.95. The molecule has 0 bridgehead atoms. The van der Waals surface area contributed by atoms with Gasteiger partial charge in [-0.2, -0.15) is 0 Å². The van der Waals surface area contributed by atoms with Crippen LogP contribution in [0.4, 0.5) is 4.79 Å². The van der Waals surface area contributed by atoms with Gasteiger partial charge in [0, 0.05) is 12.0 Å². The van der Waals surface area contributed by atoms with E-state index in [1.54, 1.807) is 0 Å². The van der Waals surface area contributed by atoms with E-state index >= 15 is 0 Å². The molecule has 0 aliphatic heterocycles. The molecule has 7 heteroatoms. The second kappa shape index (κ2) is 8.11. The number of rotatable bonds is 6. The number of hydrogen-bond acceptors (Lipinski definition) is 4. The summed E-state index contributed by atoms with van der Waals surface area (Å²) in [6.45, 7) is 0.197. The number of hydrogen-bond donors (Lipinski definition) is 3. The highest BCUT2D eigenvalue weighted by Crippen LogP contribution is 2.63. The highest BCUT2D eigenvalue weighted by atomic mass is 16.5. The number of carbonyl (C=O) groups is 3. The Labute approximate surface area is 204 Å². The number of carbonyl (C=O) groups excluding carboxylic acids is 2. The number of aliphatic carboxylic acids is 1. The van der Waals surface area contributed by atoms with Gasteiger partial charge in [-0.15, -0.1) is 0 Å². The molecule has 0 heterocycles. The highest BCUT2D eigenvalue weighted by Gasteiger charge is 2.65. The van der Waals surface area contributed by atoms with Crippen molar-refractivity contribution in [3.05, 3.63) is 59.7 Å². The van der Waals surface area contributed by atoms with Crippen molar-refractivity contribution in [2.24, 2.45) is 11.3 Å². The first-order valence-corrected chi connectivity index (χ1v) is 12.6. The fourth-order valence-corrected chi connectivity index (χ4v) is 6.81. The molecule has 2 aromatic rings. The van der Waals surface area contributed by atoms with Crippen molar-refractivity contribution in [1.29, 1.82) is 0 Å². The van der Waals surface area contributed by atoms with E-state index in [0.29, 0.717) is 32.1 Å². The summed E-state index contributed by atoms with van der Waals surface area (Å²) in [5.41, 5.74) is 2.96. The maximum absolute atomic E-state index is 13.3. The average Bonchev–Trinajstić information content (AvgIpc) is 3.18. The van der Waals surface area contributed by atoms with Crippen LogP contribution in [0.15, 0.2) is 48.5 Å². The first-order valence-electron chi connectivity index (χ1n) is 12.6. The van der Waals surface area contributed by atoms with Crippen LogP contribution in [0.2, 0.25) is 0 Å². The van der Waals surface area contributed by atoms with Gasteiger partial charge in [0.15, 0.2) is 0 Å². The molecule has 0 aromatic heterocycles. The van der Waals surface area contributed by atoms with Crippen LogP contribution in [0.5, 0.6) is 0 Å². The maximum atomic E-state index is 13.3. The molecule has 3 fully saturated rings. The van der Waals surface area contributed by atoms with Gasteiger partial charge in [-0.25, -0.2) is 4.79 Å². The molecule has 6 rings (SSSR count). The molecule has 3 unspecified atom stereocenters. The van der Waals surface area contributed by atoms with Gasteiger partial charge in [-0.1, -0.05) is 61.4 Å². The zero-order valence-electron chi connectivity index (χ0n) is 19.6. The Kier molecular flexibility index (Phi) is 5.13. The lowest BCUT2D eigenvalue weighted by molar-refractivity contribution is -0.144. The third kappa shape index (κ3) is 3.60. The van der Waals surface area contributed by atoms with Crippen LogP contribution in [-0.4, -0.2) is 41.3 Å². The van der Waals surface area contributed by atoms with E-state index in [2.05, 4.69) is 34.9 Å². The standard InChI is InChI=1S/C28H30N2O5/c31-24(29-18-13-17-14-27(17,15-18)25(32)33)28(11-5-6-12-28)30-26(34)35-16-23-21-9-3-1-7-19(21)20-8-2-4-10-22(20)23/h1-4,7-10,17-18,23H,5-6,11-16H2,(H,29,31)(H,30,34)(H,32,33). The SMILES string of the molecule is O=C(NC1(C(=O)NC2CC3CC3(C(=O)O)C2)CCCC1)OCC1c2ccccc2-c2ccccc21. The third-order valence-electron chi connectivity index (χ3n) is 8.75. The van der Waals surface area contributed by atoms with Gasteiger partial charge in [-0.3, -0.25) is 9.59 Å². The normalized spacial score (nSPS) is 27.4. The van der Waals surface area contributed by atoms with Gasteiger partial charge >= 0.3 is 12.1 Å². The Bertz CT molecular complexity index is 1160. The predicted molar refractivity (Wildman–Crippen MR) is 129 cm³/mol. The number of ether oxygens (including phenoxy) is 1. The van der Waals surface area contributed by atoms with Gasteiger partial charge in [0.05, 0.1) is 5.41 Å². The molecular weight excluding hydrogens is 444 g/mol. The Balaban J connectivity index is 1.11. The van der Waals surface area contributed by atoms with Crippen molar-refractivity contribution >= 4 is 18.0 Å². The molecule has 35 heavy (non-hydrogen) atoms. The quantitative estimate of drug-likeness (QED) is 0.582. The molecule has 2 amide bonds. The number of benzene rings is 2. The smallest absolute Gasteiger partial charge is 0.408 e. The van der Waals surface area contributed by atoms with Crippen molar-refractivity contribution in [1.82, 2.24) is 10.6 Å². The lowest BCUT2D eigenvalue weighted by Crippen LogP contribution is -2.59. The summed E-state index contributed by atoms with van der Waals surface area (Å²) in [6.07, 6.45) is 4.11. The van der Waals surface area contributed by atoms with Crippen LogP contribution in [-0.2, 0) is 14.3 Å². The molecule has 0 radical (unpaired) electrons. The number of amides is 2. The van der Waals surface area contributed by atoms with Crippen molar-refractivity contribution < 1.29 is 24.2 Å². The minimum Gasteiger partial charge on any atom is -0.481 e.